The van der Waals surface area contributed by atoms with E-state index in [9.17, 15) is 9.90 Å². The number of anilines is 1. The van der Waals surface area contributed by atoms with Gasteiger partial charge in [-0.1, -0.05) is 42.5 Å². The number of nitrogens with zero attached hydrogens (tertiary/aromatic N) is 1. The van der Waals surface area contributed by atoms with Crippen molar-refractivity contribution in [1.29, 1.82) is 0 Å². The van der Waals surface area contributed by atoms with Gasteiger partial charge in [0.05, 0.1) is 5.56 Å². The predicted molar refractivity (Wildman–Crippen MR) is 91.4 cm³/mol. The first-order chi connectivity index (χ1) is 10.6. The van der Waals surface area contributed by atoms with Crippen LogP contribution in [0.5, 0.6) is 5.75 Å². The highest BCUT2D eigenvalue weighted by Crippen LogP contribution is 2.16. The summed E-state index contributed by atoms with van der Waals surface area (Å²) in [6, 6.07) is 14.6. The summed E-state index contributed by atoms with van der Waals surface area (Å²) in [4.78, 5) is 14.0. The van der Waals surface area contributed by atoms with E-state index in [4.69, 9.17) is 0 Å². The van der Waals surface area contributed by atoms with Gasteiger partial charge < -0.3 is 10.0 Å². The van der Waals surface area contributed by atoms with E-state index in [2.05, 4.69) is 0 Å². The van der Waals surface area contributed by atoms with Crippen molar-refractivity contribution in [3.8, 4) is 5.75 Å². The SMILES string of the molecule is CN(C)c1ccc(/C=C/C=C/C(=O)c2ccccc2O)cc1. The van der Waals surface area contributed by atoms with Gasteiger partial charge in [0, 0.05) is 19.8 Å². The van der Waals surface area contributed by atoms with Crippen molar-refractivity contribution >= 4 is 17.5 Å². The highest BCUT2D eigenvalue weighted by atomic mass is 16.3. The van der Waals surface area contributed by atoms with Crippen molar-refractivity contribution in [2.45, 2.75) is 0 Å². The summed E-state index contributed by atoms with van der Waals surface area (Å²) in [5.74, 6) is -0.217. The van der Waals surface area contributed by atoms with E-state index in [1.54, 1.807) is 24.3 Å². The molecule has 0 radical (unpaired) electrons. The Labute approximate surface area is 130 Å². The number of carbonyl (C=O) groups excluding carboxylic acids is 1. The lowest BCUT2D eigenvalue weighted by Crippen LogP contribution is -2.07. The molecule has 2 rings (SSSR count). The van der Waals surface area contributed by atoms with E-state index in [0.29, 0.717) is 5.56 Å². The topological polar surface area (TPSA) is 40.5 Å². The molecule has 3 heteroatoms. The van der Waals surface area contributed by atoms with Crippen LogP contribution < -0.4 is 4.90 Å². The number of carbonyl (C=O) groups is 1. The van der Waals surface area contributed by atoms with Crippen molar-refractivity contribution in [1.82, 2.24) is 0 Å². The molecule has 112 valence electrons. The number of phenolic OH excluding ortho intramolecular Hbond substituents is 1. The first-order valence-corrected chi connectivity index (χ1v) is 7.02. The normalized spacial score (nSPS) is 11.2. The maximum absolute atomic E-state index is 11.9. The van der Waals surface area contributed by atoms with Gasteiger partial charge in [0.25, 0.3) is 0 Å². The molecule has 0 heterocycles. The lowest BCUT2D eigenvalue weighted by Gasteiger charge is -2.11. The first-order valence-electron chi connectivity index (χ1n) is 7.02. The van der Waals surface area contributed by atoms with Gasteiger partial charge in [0.2, 0.25) is 0 Å². The van der Waals surface area contributed by atoms with Crippen LogP contribution in [0.4, 0.5) is 5.69 Å². The first kappa shape index (κ1) is 15.6. The van der Waals surface area contributed by atoms with Crippen LogP contribution in [0, 0.1) is 0 Å². The van der Waals surface area contributed by atoms with E-state index in [1.807, 2.05) is 55.4 Å². The quantitative estimate of drug-likeness (QED) is 0.516. The number of allylic oxidation sites excluding steroid dienone is 3. The minimum absolute atomic E-state index is 0.000374. The molecule has 0 atom stereocenters. The van der Waals surface area contributed by atoms with Crippen LogP contribution in [0.1, 0.15) is 15.9 Å². The van der Waals surface area contributed by atoms with Gasteiger partial charge in [0.15, 0.2) is 5.78 Å². The Morgan fingerprint density at radius 2 is 1.68 bits per heavy atom. The standard InChI is InChI=1S/C19H19NO2/c1-20(2)16-13-11-15(12-14-16)7-3-5-9-18(21)17-8-4-6-10-19(17)22/h3-14,22H,1-2H3/b7-3+,9-5+. The molecule has 1 N–H and O–H groups in total. The number of hydrogen-bond donors (Lipinski definition) is 1. The molecule has 0 aliphatic carbocycles. The summed E-state index contributed by atoms with van der Waals surface area (Å²) in [6.45, 7) is 0. The summed E-state index contributed by atoms with van der Waals surface area (Å²) in [6.07, 6.45) is 6.85. The molecule has 2 aromatic rings. The number of aromatic hydroxyl groups is 1. The van der Waals surface area contributed by atoms with Gasteiger partial charge >= 0.3 is 0 Å². The molecule has 0 aliphatic heterocycles. The third-order valence-electron chi connectivity index (χ3n) is 3.23. The highest BCUT2D eigenvalue weighted by molar-refractivity contribution is 6.06. The van der Waals surface area contributed by atoms with Crippen molar-refractivity contribution in [3.05, 3.63) is 77.9 Å². The van der Waals surface area contributed by atoms with E-state index in [-0.39, 0.29) is 11.5 Å². The molecule has 3 nitrogen and oxygen atoms in total. The van der Waals surface area contributed by atoms with Crippen molar-refractivity contribution in [2.24, 2.45) is 0 Å². The Morgan fingerprint density at radius 1 is 1.00 bits per heavy atom. The van der Waals surface area contributed by atoms with E-state index in [1.165, 1.54) is 12.1 Å². The molecule has 0 saturated heterocycles. The van der Waals surface area contributed by atoms with E-state index < -0.39 is 0 Å². The Bertz CT molecular complexity index is 698. The highest BCUT2D eigenvalue weighted by Gasteiger charge is 2.05. The molecular formula is C19H19NO2. The van der Waals surface area contributed by atoms with Crippen molar-refractivity contribution in [2.75, 3.05) is 19.0 Å². The van der Waals surface area contributed by atoms with E-state index >= 15 is 0 Å². The lowest BCUT2D eigenvalue weighted by molar-refractivity contribution is 0.104. The smallest absolute Gasteiger partial charge is 0.189 e. The summed E-state index contributed by atoms with van der Waals surface area (Å²) in [7, 11) is 4.00. The molecule has 0 amide bonds. The molecule has 2 aromatic carbocycles. The molecule has 0 aliphatic rings. The number of rotatable bonds is 5. The Balaban J connectivity index is 2.00. The summed E-state index contributed by atoms with van der Waals surface area (Å²) < 4.78 is 0. The number of hydrogen-bond acceptors (Lipinski definition) is 3. The minimum atomic E-state index is -0.217. The van der Waals surface area contributed by atoms with Crippen molar-refractivity contribution in [3.63, 3.8) is 0 Å². The molecular weight excluding hydrogens is 274 g/mol. The summed E-state index contributed by atoms with van der Waals surface area (Å²) in [5, 5.41) is 9.61. The van der Waals surface area contributed by atoms with Crippen molar-refractivity contribution < 1.29 is 9.90 Å². The van der Waals surface area contributed by atoms with Crippen LogP contribution in [0.15, 0.2) is 66.8 Å². The summed E-state index contributed by atoms with van der Waals surface area (Å²) in [5.41, 5.74) is 2.51. The zero-order chi connectivity index (χ0) is 15.9. The van der Waals surface area contributed by atoms with Gasteiger partial charge in [-0.05, 0) is 35.9 Å². The van der Waals surface area contributed by atoms with Gasteiger partial charge in [-0.15, -0.1) is 0 Å². The Kier molecular flexibility index (Phi) is 5.15. The lowest BCUT2D eigenvalue weighted by atomic mass is 10.1. The third kappa shape index (κ3) is 4.09. The monoisotopic (exact) mass is 293 g/mol. The molecule has 0 saturated carbocycles. The molecule has 0 fully saturated rings. The molecule has 0 unspecified atom stereocenters. The Hall–Kier alpha value is -2.81. The van der Waals surface area contributed by atoms with Gasteiger partial charge in [-0.3, -0.25) is 4.79 Å². The van der Waals surface area contributed by atoms with Gasteiger partial charge in [0.1, 0.15) is 5.75 Å². The maximum Gasteiger partial charge on any atom is 0.189 e. The predicted octanol–water partition coefficient (Wildman–Crippen LogP) is 3.91. The number of phenols is 1. The fourth-order valence-corrected chi connectivity index (χ4v) is 1.96. The maximum atomic E-state index is 11.9. The second kappa shape index (κ2) is 7.27. The van der Waals surface area contributed by atoms with E-state index in [0.717, 1.165) is 11.3 Å². The molecule has 0 bridgehead atoms. The molecule has 0 spiro atoms. The van der Waals surface area contributed by atoms with Crippen LogP contribution in [-0.2, 0) is 0 Å². The average molecular weight is 293 g/mol. The number of benzene rings is 2. The molecule has 0 aromatic heterocycles. The summed E-state index contributed by atoms with van der Waals surface area (Å²) >= 11 is 0. The largest absolute Gasteiger partial charge is 0.507 e. The van der Waals surface area contributed by atoms with Crippen LogP contribution in [0.2, 0.25) is 0 Å². The van der Waals surface area contributed by atoms with Crippen LogP contribution in [0.3, 0.4) is 0 Å². The van der Waals surface area contributed by atoms with Crippen LogP contribution >= 0.6 is 0 Å². The van der Waals surface area contributed by atoms with Gasteiger partial charge in [-0.25, -0.2) is 0 Å². The number of ketones is 1. The third-order valence-corrected chi connectivity index (χ3v) is 3.23. The second-order valence-corrected chi connectivity index (χ2v) is 5.09. The zero-order valence-corrected chi connectivity index (χ0v) is 12.7. The fraction of sp³-hybridized carbons (Fsp3) is 0.105. The molecule has 22 heavy (non-hydrogen) atoms. The Morgan fingerprint density at radius 3 is 2.32 bits per heavy atom. The zero-order valence-electron chi connectivity index (χ0n) is 12.7. The minimum Gasteiger partial charge on any atom is -0.507 e. The van der Waals surface area contributed by atoms with Crippen LogP contribution in [-0.4, -0.2) is 25.0 Å². The van der Waals surface area contributed by atoms with Gasteiger partial charge in [-0.2, -0.15) is 0 Å². The van der Waals surface area contributed by atoms with Crippen LogP contribution in [0.25, 0.3) is 6.08 Å². The fourth-order valence-electron chi connectivity index (χ4n) is 1.96. The average Bonchev–Trinajstić information content (AvgIpc) is 2.52. The second-order valence-electron chi connectivity index (χ2n) is 5.09. The number of para-hydroxylation sites is 1.